The van der Waals surface area contributed by atoms with Crippen molar-refractivity contribution in [1.82, 2.24) is 29.3 Å². The van der Waals surface area contributed by atoms with Gasteiger partial charge in [-0.2, -0.15) is 0 Å². The van der Waals surface area contributed by atoms with Crippen LogP contribution in [0.5, 0.6) is 0 Å². The Morgan fingerprint density at radius 2 is 1.83 bits per heavy atom. The maximum atomic E-state index is 12.2. The number of fused-ring (bicyclic) bond motifs is 1. The molecular formula is C28H33N7O. The van der Waals surface area contributed by atoms with Gasteiger partial charge in [0.15, 0.2) is 0 Å². The van der Waals surface area contributed by atoms with Gasteiger partial charge in [0.25, 0.3) is 5.91 Å². The predicted octanol–water partition coefficient (Wildman–Crippen LogP) is 4.00. The number of hydrogen-bond acceptors (Lipinski definition) is 6. The van der Waals surface area contributed by atoms with E-state index >= 15 is 0 Å². The number of anilines is 1. The standard InChI is InChI=1S/C28H33N7O/c1-18-26(31-16-25(29)32-18)23-9-12-30-27-24(23)15-22(34(27)4)17-35-13-10-20(11-14-35)19-5-7-21(8-6-19)28(36)33(2)3/h5-9,12,15-16,20H,10-11,13-14,17H2,1-4H3,(H2,29,32). The number of carbonyl (C=O) groups is 1. The number of pyridine rings is 1. The monoisotopic (exact) mass is 483 g/mol. The van der Waals surface area contributed by atoms with Gasteiger partial charge in [-0.05, 0) is 68.6 Å². The number of piperidine rings is 1. The fourth-order valence-electron chi connectivity index (χ4n) is 5.20. The molecule has 1 aliphatic heterocycles. The van der Waals surface area contributed by atoms with E-state index in [0.717, 1.165) is 66.0 Å². The smallest absolute Gasteiger partial charge is 0.253 e. The Labute approximate surface area is 211 Å². The topological polar surface area (TPSA) is 93.2 Å². The lowest BCUT2D eigenvalue weighted by molar-refractivity contribution is 0.0827. The molecule has 1 aromatic carbocycles. The summed E-state index contributed by atoms with van der Waals surface area (Å²) in [5.41, 5.74) is 12.7. The first kappa shape index (κ1) is 23.9. The van der Waals surface area contributed by atoms with Crippen molar-refractivity contribution in [3.63, 3.8) is 0 Å². The van der Waals surface area contributed by atoms with Crippen LogP contribution in [-0.2, 0) is 13.6 Å². The Hall–Kier alpha value is -3.78. The quantitative estimate of drug-likeness (QED) is 0.461. The number of benzene rings is 1. The number of rotatable bonds is 5. The fourth-order valence-corrected chi connectivity index (χ4v) is 5.20. The average Bonchev–Trinajstić information content (AvgIpc) is 3.19. The van der Waals surface area contributed by atoms with Gasteiger partial charge in [0.1, 0.15) is 11.5 Å². The Morgan fingerprint density at radius 1 is 1.11 bits per heavy atom. The van der Waals surface area contributed by atoms with Gasteiger partial charge in [0.05, 0.1) is 17.6 Å². The third-order valence-electron chi connectivity index (χ3n) is 7.26. The molecule has 4 aromatic rings. The van der Waals surface area contributed by atoms with Crippen molar-refractivity contribution in [3.8, 4) is 11.3 Å². The molecule has 8 heteroatoms. The van der Waals surface area contributed by atoms with Crippen LogP contribution in [0.15, 0.2) is 48.8 Å². The van der Waals surface area contributed by atoms with E-state index in [0.29, 0.717) is 11.7 Å². The van der Waals surface area contributed by atoms with Crippen LogP contribution < -0.4 is 5.73 Å². The SMILES string of the molecule is Cc1nc(N)cnc1-c1ccnc2c1cc(CN1CCC(c3ccc(C(=O)N(C)C)cc3)CC1)n2C. The molecule has 0 spiro atoms. The first-order chi connectivity index (χ1) is 17.3. The highest BCUT2D eigenvalue weighted by atomic mass is 16.2. The highest BCUT2D eigenvalue weighted by Crippen LogP contribution is 2.32. The van der Waals surface area contributed by atoms with E-state index in [2.05, 4.69) is 49.7 Å². The number of hydrogen-bond donors (Lipinski definition) is 1. The molecule has 3 aromatic heterocycles. The molecule has 36 heavy (non-hydrogen) atoms. The lowest BCUT2D eigenvalue weighted by atomic mass is 9.89. The number of nitrogen functional groups attached to an aromatic ring is 1. The number of nitrogens with zero attached hydrogens (tertiary/aromatic N) is 6. The summed E-state index contributed by atoms with van der Waals surface area (Å²) in [5, 5.41) is 1.08. The molecule has 0 bridgehead atoms. The highest BCUT2D eigenvalue weighted by Gasteiger charge is 2.23. The van der Waals surface area contributed by atoms with Crippen LogP contribution in [0.25, 0.3) is 22.3 Å². The molecule has 1 amide bonds. The Kier molecular flexibility index (Phi) is 6.45. The van der Waals surface area contributed by atoms with Gasteiger partial charge in [0.2, 0.25) is 0 Å². The van der Waals surface area contributed by atoms with Crippen molar-refractivity contribution >= 4 is 22.8 Å². The second-order valence-corrected chi connectivity index (χ2v) is 9.89. The van der Waals surface area contributed by atoms with Crippen LogP contribution in [0.1, 0.15) is 46.1 Å². The molecule has 5 rings (SSSR count). The number of aromatic nitrogens is 4. The number of likely N-dealkylation sites (tertiary alicyclic amines) is 1. The van der Waals surface area contributed by atoms with Gasteiger partial charge in [-0.25, -0.2) is 9.97 Å². The van der Waals surface area contributed by atoms with Crippen LogP contribution in [0.2, 0.25) is 0 Å². The summed E-state index contributed by atoms with van der Waals surface area (Å²) in [7, 11) is 5.65. The average molecular weight is 484 g/mol. The number of amides is 1. The molecular weight excluding hydrogens is 450 g/mol. The Balaban J connectivity index is 1.30. The van der Waals surface area contributed by atoms with E-state index < -0.39 is 0 Å². The van der Waals surface area contributed by atoms with Crippen molar-refractivity contribution in [2.24, 2.45) is 7.05 Å². The molecule has 2 N–H and O–H groups in total. The van der Waals surface area contributed by atoms with Crippen LogP contribution >= 0.6 is 0 Å². The zero-order chi connectivity index (χ0) is 25.4. The molecule has 1 fully saturated rings. The molecule has 8 nitrogen and oxygen atoms in total. The van der Waals surface area contributed by atoms with Crippen molar-refractivity contribution in [3.05, 3.63) is 71.3 Å². The van der Waals surface area contributed by atoms with Crippen LogP contribution in [0, 0.1) is 6.92 Å². The first-order valence-corrected chi connectivity index (χ1v) is 12.4. The van der Waals surface area contributed by atoms with Gasteiger partial charge in [0, 0.05) is 56.1 Å². The third-order valence-corrected chi connectivity index (χ3v) is 7.26. The van der Waals surface area contributed by atoms with Gasteiger partial charge in [-0.3, -0.25) is 14.7 Å². The van der Waals surface area contributed by atoms with E-state index in [-0.39, 0.29) is 5.91 Å². The predicted molar refractivity (Wildman–Crippen MR) is 143 cm³/mol. The van der Waals surface area contributed by atoms with Crippen molar-refractivity contribution in [1.29, 1.82) is 0 Å². The molecule has 0 aliphatic carbocycles. The maximum Gasteiger partial charge on any atom is 0.253 e. The number of aryl methyl sites for hydroxylation is 2. The fraction of sp³-hybridized carbons (Fsp3) is 0.357. The summed E-state index contributed by atoms with van der Waals surface area (Å²) < 4.78 is 2.19. The summed E-state index contributed by atoms with van der Waals surface area (Å²) in [6, 6.07) is 12.4. The zero-order valence-electron chi connectivity index (χ0n) is 21.4. The van der Waals surface area contributed by atoms with Gasteiger partial charge in [-0.1, -0.05) is 12.1 Å². The summed E-state index contributed by atoms with van der Waals surface area (Å²) in [4.78, 5) is 29.9. The minimum absolute atomic E-state index is 0.0440. The second-order valence-electron chi connectivity index (χ2n) is 9.89. The van der Waals surface area contributed by atoms with E-state index in [9.17, 15) is 4.79 Å². The normalized spacial score (nSPS) is 14.9. The molecule has 1 aliphatic rings. The third kappa shape index (κ3) is 4.56. The first-order valence-electron chi connectivity index (χ1n) is 12.4. The molecule has 0 atom stereocenters. The lowest BCUT2D eigenvalue weighted by Crippen LogP contribution is -2.33. The van der Waals surface area contributed by atoms with E-state index in [1.807, 2.05) is 31.3 Å². The van der Waals surface area contributed by atoms with E-state index in [1.54, 1.807) is 25.2 Å². The molecule has 186 valence electrons. The van der Waals surface area contributed by atoms with Crippen molar-refractivity contribution < 1.29 is 4.79 Å². The van der Waals surface area contributed by atoms with Gasteiger partial charge in [-0.15, -0.1) is 0 Å². The van der Waals surface area contributed by atoms with E-state index in [4.69, 9.17) is 5.73 Å². The minimum atomic E-state index is 0.0440. The lowest BCUT2D eigenvalue weighted by Gasteiger charge is -2.32. The van der Waals surface area contributed by atoms with E-state index in [1.165, 1.54) is 11.3 Å². The summed E-state index contributed by atoms with van der Waals surface area (Å²) in [6.07, 6.45) is 5.65. The summed E-state index contributed by atoms with van der Waals surface area (Å²) >= 11 is 0. The van der Waals surface area contributed by atoms with Gasteiger partial charge >= 0.3 is 0 Å². The zero-order valence-corrected chi connectivity index (χ0v) is 21.4. The van der Waals surface area contributed by atoms with Gasteiger partial charge < -0.3 is 15.2 Å². The minimum Gasteiger partial charge on any atom is -0.382 e. The largest absolute Gasteiger partial charge is 0.382 e. The van der Waals surface area contributed by atoms with Crippen LogP contribution in [-0.4, -0.2) is 62.4 Å². The molecule has 0 radical (unpaired) electrons. The highest BCUT2D eigenvalue weighted by molar-refractivity contribution is 5.94. The molecule has 4 heterocycles. The maximum absolute atomic E-state index is 12.2. The second kappa shape index (κ2) is 9.70. The molecule has 0 saturated carbocycles. The Morgan fingerprint density at radius 3 is 2.50 bits per heavy atom. The number of nitrogens with two attached hydrogens (primary N) is 1. The van der Waals surface area contributed by atoms with Crippen molar-refractivity contribution in [2.75, 3.05) is 32.9 Å². The molecule has 0 unspecified atom stereocenters. The Bertz CT molecular complexity index is 1400. The number of carbonyl (C=O) groups excluding carboxylic acids is 1. The summed E-state index contributed by atoms with van der Waals surface area (Å²) in [6.45, 7) is 4.88. The van der Waals surface area contributed by atoms with Crippen LogP contribution in [0.3, 0.4) is 0 Å². The summed E-state index contributed by atoms with van der Waals surface area (Å²) in [5.74, 6) is 0.997. The van der Waals surface area contributed by atoms with Crippen molar-refractivity contribution in [2.45, 2.75) is 32.2 Å². The molecule has 1 saturated heterocycles. The van der Waals surface area contributed by atoms with Crippen LogP contribution in [0.4, 0.5) is 5.82 Å².